The summed E-state index contributed by atoms with van der Waals surface area (Å²) >= 11 is 0. The van der Waals surface area contributed by atoms with E-state index in [1.54, 1.807) is 13.0 Å². The van der Waals surface area contributed by atoms with Crippen LogP contribution in [0.5, 0.6) is 0 Å². The molecule has 5 nitrogen and oxygen atoms in total. The van der Waals surface area contributed by atoms with Crippen molar-refractivity contribution >= 4 is 5.91 Å². The first kappa shape index (κ1) is 12.1. The van der Waals surface area contributed by atoms with Gasteiger partial charge < -0.3 is 10.4 Å². The van der Waals surface area contributed by atoms with Gasteiger partial charge in [0, 0.05) is 12.7 Å². The Kier molecular flexibility index (Phi) is 3.78. The number of hydrogen-bond acceptors (Lipinski definition) is 3. The van der Waals surface area contributed by atoms with E-state index in [0.717, 1.165) is 12.8 Å². The first-order valence-corrected chi connectivity index (χ1v) is 6.18. The summed E-state index contributed by atoms with van der Waals surface area (Å²) in [6.45, 7) is 1.90. The number of hydrogen-bond donors (Lipinski definition) is 2. The van der Waals surface area contributed by atoms with Gasteiger partial charge in [0.1, 0.15) is 5.69 Å². The van der Waals surface area contributed by atoms with Gasteiger partial charge >= 0.3 is 0 Å². The Morgan fingerprint density at radius 1 is 1.65 bits per heavy atom. The van der Waals surface area contributed by atoms with Crippen LogP contribution in [0.25, 0.3) is 0 Å². The van der Waals surface area contributed by atoms with Gasteiger partial charge in [-0.15, -0.1) is 0 Å². The van der Waals surface area contributed by atoms with Crippen LogP contribution >= 0.6 is 0 Å². The molecular weight excluding hydrogens is 218 g/mol. The highest BCUT2D eigenvalue weighted by molar-refractivity contribution is 5.92. The molecule has 2 rings (SSSR count). The molecule has 1 aliphatic rings. The molecule has 0 spiro atoms. The third-order valence-electron chi connectivity index (χ3n) is 3.10. The van der Waals surface area contributed by atoms with Crippen LogP contribution in [-0.2, 0) is 0 Å². The number of nitrogens with zero attached hydrogens (tertiary/aromatic N) is 2. The molecule has 1 amide bonds. The summed E-state index contributed by atoms with van der Waals surface area (Å²) in [7, 11) is 0. The fourth-order valence-corrected chi connectivity index (χ4v) is 2.16. The summed E-state index contributed by atoms with van der Waals surface area (Å²) < 4.78 is 1.89. The first-order valence-electron chi connectivity index (χ1n) is 6.18. The Morgan fingerprint density at radius 3 is 3.00 bits per heavy atom. The molecule has 1 fully saturated rings. The van der Waals surface area contributed by atoms with Gasteiger partial charge in [0.25, 0.3) is 5.91 Å². The Morgan fingerprint density at radius 2 is 2.35 bits per heavy atom. The van der Waals surface area contributed by atoms with E-state index in [4.69, 9.17) is 5.11 Å². The van der Waals surface area contributed by atoms with E-state index in [1.165, 1.54) is 12.8 Å². The molecule has 1 saturated carbocycles. The van der Waals surface area contributed by atoms with Crippen molar-refractivity contribution < 1.29 is 9.90 Å². The zero-order valence-corrected chi connectivity index (χ0v) is 10.1. The van der Waals surface area contributed by atoms with Gasteiger partial charge in [-0.1, -0.05) is 12.8 Å². The quantitative estimate of drug-likeness (QED) is 0.824. The van der Waals surface area contributed by atoms with Crippen LogP contribution in [-0.4, -0.2) is 33.4 Å². The lowest BCUT2D eigenvalue weighted by Gasteiger charge is -2.09. The molecule has 1 heterocycles. The summed E-state index contributed by atoms with van der Waals surface area (Å²) in [5.41, 5.74) is 0.428. The minimum Gasteiger partial charge on any atom is -0.392 e. The molecule has 1 unspecified atom stereocenters. The van der Waals surface area contributed by atoms with E-state index in [-0.39, 0.29) is 12.5 Å². The average molecular weight is 237 g/mol. The van der Waals surface area contributed by atoms with Crippen molar-refractivity contribution in [2.75, 3.05) is 6.54 Å². The zero-order chi connectivity index (χ0) is 12.3. The van der Waals surface area contributed by atoms with Gasteiger partial charge in [-0.25, -0.2) is 0 Å². The number of nitrogens with one attached hydrogen (secondary N) is 1. The molecule has 0 bridgehead atoms. The topological polar surface area (TPSA) is 67.2 Å². The minimum absolute atomic E-state index is 0.220. The van der Waals surface area contributed by atoms with Crippen LogP contribution in [0.1, 0.15) is 49.1 Å². The molecule has 1 aromatic heterocycles. The van der Waals surface area contributed by atoms with Crippen molar-refractivity contribution in [3.63, 3.8) is 0 Å². The smallest absolute Gasteiger partial charge is 0.271 e. The fraction of sp³-hybridized carbons (Fsp3) is 0.667. The Labute approximate surface area is 101 Å². The number of amides is 1. The third-order valence-corrected chi connectivity index (χ3v) is 3.10. The number of aliphatic hydroxyl groups excluding tert-OH is 1. The summed E-state index contributed by atoms with van der Waals surface area (Å²) in [5, 5.41) is 16.0. The van der Waals surface area contributed by atoms with Crippen molar-refractivity contribution in [2.45, 2.75) is 44.8 Å². The van der Waals surface area contributed by atoms with Crippen LogP contribution < -0.4 is 5.32 Å². The molecular formula is C12H19N3O2. The van der Waals surface area contributed by atoms with Gasteiger partial charge in [0.05, 0.1) is 12.1 Å². The molecule has 17 heavy (non-hydrogen) atoms. The predicted octanol–water partition coefficient (Wildman–Crippen LogP) is 1.11. The van der Waals surface area contributed by atoms with E-state index in [1.807, 2.05) is 10.9 Å². The van der Waals surface area contributed by atoms with E-state index < -0.39 is 6.10 Å². The lowest BCUT2D eigenvalue weighted by molar-refractivity contribution is 0.0918. The highest BCUT2D eigenvalue weighted by Crippen LogP contribution is 2.28. The average Bonchev–Trinajstić information content (AvgIpc) is 2.94. The fourth-order valence-electron chi connectivity index (χ4n) is 2.16. The molecule has 1 aromatic rings. The second-order valence-corrected chi connectivity index (χ2v) is 4.68. The van der Waals surface area contributed by atoms with Crippen LogP contribution in [0.4, 0.5) is 0 Å². The van der Waals surface area contributed by atoms with Crippen molar-refractivity contribution in [3.8, 4) is 0 Å². The van der Waals surface area contributed by atoms with Crippen LogP contribution in [0.2, 0.25) is 0 Å². The van der Waals surface area contributed by atoms with E-state index >= 15 is 0 Å². The monoisotopic (exact) mass is 237 g/mol. The maximum atomic E-state index is 11.7. The van der Waals surface area contributed by atoms with Crippen molar-refractivity contribution in [3.05, 3.63) is 18.0 Å². The SMILES string of the molecule is CC(O)CNC(=O)c1ccn(C2CCCC2)n1. The highest BCUT2D eigenvalue weighted by atomic mass is 16.3. The number of carbonyl (C=O) groups is 1. The molecule has 0 aliphatic heterocycles. The maximum Gasteiger partial charge on any atom is 0.271 e. The van der Waals surface area contributed by atoms with Gasteiger partial charge in [0.15, 0.2) is 0 Å². The molecule has 1 atom stereocenters. The predicted molar refractivity (Wildman–Crippen MR) is 63.7 cm³/mol. The summed E-state index contributed by atoms with van der Waals surface area (Å²) in [6, 6.07) is 2.18. The van der Waals surface area contributed by atoms with Crippen LogP contribution in [0.3, 0.4) is 0 Å². The standard InChI is InChI=1S/C12H19N3O2/c1-9(16)8-13-12(17)11-6-7-15(14-11)10-4-2-3-5-10/h6-7,9-10,16H,2-5,8H2,1H3,(H,13,17). The minimum atomic E-state index is -0.532. The Balaban J connectivity index is 1.95. The highest BCUT2D eigenvalue weighted by Gasteiger charge is 2.19. The van der Waals surface area contributed by atoms with E-state index in [0.29, 0.717) is 11.7 Å². The van der Waals surface area contributed by atoms with Crippen molar-refractivity contribution in [2.24, 2.45) is 0 Å². The largest absolute Gasteiger partial charge is 0.392 e. The Bertz CT molecular complexity index is 381. The third kappa shape index (κ3) is 3.06. The number of aliphatic hydroxyl groups is 1. The summed E-state index contributed by atoms with van der Waals surface area (Å²) in [6.07, 6.45) is 6.12. The van der Waals surface area contributed by atoms with Crippen LogP contribution in [0.15, 0.2) is 12.3 Å². The van der Waals surface area contributed by atoms with Crippen LogP contribution in [0, 0.1) is 0 Å². The van der Waals surface area contributed by atoms with Gasteiger partial charge in [-0.3, -0.25) is 9.48 Å². The summed E-state index contributed by atoms with van der Waals surface area (Å²) in [5.74, 6) is -0.220. The molecule has 5 heteroatoms. The molecule has 0 aromatic carbocycles. The van der Waals surface area contributed by atoms with Gasteiger partial charge in [-0.05, 0) is 25.8 Å². The lowest BCUT2D eigenvalue weighted by Crippen LogP contribution is -2.30. The summed E-state index contributed by atoms with van der Waals surface area (Å²) in [4.78, 5) is 11.7. The maximum absolute atomic E-state index is 11.7. The second kappa shape index (κ2) is 5.31. The van der Waals surface area contributed by atoms with E-state index in [9.17, 15) is 4.79 Å². The lowest BCUT2D eigenvalue weighted by atomic mass is 10.3. The zero-order valence-electron chi connectivity index (χ0n) is 10.1. The molecule has 0 saturated heterocycles. The van der Waals surface area contributed by atoms with Crippen molar-refractivity contribution in [1.29, 1.82) is 0 Å². The molecule has 1 aliphatic carbocycles. The number of aromatic nitrogens is 2. The van der Waals surface area contributed by atoms with E-state index in [2.05, 4.69) is 10.4 Å². The number of rotatable bonds is 4. The number of carbonyl (C=O) groups excluding carboxylic acids is 1. The van der Waals surface area contributed by atoms with Crippen molar-refractivity contribution in [1.82, 2.24) is 15.1 Å². The Hall–Kier alpha value is -1.36. The molecule has 2 N–H and O–H groups in total. The first-order chi connectivity index (χ1) is 8.16. The second-order valence-electron chi connectivity index (χ2n) is 4.68. The normalized spacial score (nSPS) is 18.2. The molecule has 0 radical (unpaired) electrons. The van der Waals surface area contributed by atoms with Gasteiger partial charge in [-0.2, -0.15) is 5.10 Å². The van der Waals surface area contributed by atoms with Gasteiger partial charge in [0.2, 0.25) is 0 Å². The molecule has 94 valence electrons.